The van der Waals surface area contributed by atoms with Crippen LogP contribution in [-0.4, -0.2) is 51.1 Å². The van der Waals surface area contributed by atoms with Crippen molar-refractivity contribution in [2.45, 2.75) is 4.90 Å². The lowest BCUT2D eigenvalue weighted by atomic mass is 10.2. The van der Waals surface area contributed by atoms with Crippen molar-refractivity contribution in [1.82, 2.24) is 35.6 Å². The number of hydrogen-bond acceptors (Lipinski definition) is 11. The van der Waals surface area contributed by atoms with Gasteiger partial charge < -0.3 is 14.2 Å². The largest absolute Gasteiger partial charge is 0.493 e. The maximum absolute atomic E-state index is 13.3. The number of aromatic nitrogens is 7. The number of pyridine rings is 1. The SMILES string of the molecule is C#COc1nc(-c2ccnc(-c3nnn[nH]3)c2)nc(NS(=O)(=O)c2ccccc2)c1Oc1ccccc1OC. The molecule has 13 nitrogen and oxygen atoms in total. The zero-order valence-electron chi connectivity index (χ0n) is 20.1. The molecule has 0 fully saturated rings. The van der Waals surface area contributed by atoms with Crippen LogP contribution in [0.1, 0.15) is 0 Å². The Balaban J connectivity index is 1.68. The Morgan fingerprint density at radius 1 is 1.00 bits per heavy atom. The first kappa shape index (κ1) is 25.1. The van der Waals surface area contributed by atoms with Gasteiger partial charge in [-0.2, -0.15) is 4.98 Å². The fraction of sp³-hybridized carbons (Fsp3) is 0.0400. The van der Waals surface area contributed by atoms with E-state index >= 15 is 0 Å². The molecule has 0 aliphatic carbocycles. The maximum Gasteiger partial charge on any atom is 0.279 e. The van der Waals surface area contributed by atoms with E-state index in [1.54, 1.807) is 54.6 Å². The number of ether oxygens (including phenoxy) is 3. The van der Waals surface area contributed by atoms with Crippen LogP contribution in [0, 0.1) is 12.5 Å². The van der Waals surface area contributed by atoms with Crippen LogP contribution in [0.25, 0.3) is 22.9 Å². The Morgan fingerprint density at radius 3 is 2.49 bits per heavy atom. The van der Waals surface area contributed by atoms with E-state index in [9.17, 15) is 8.42 Å². The number of sulfonamides is 1. The summed E-state index contributed by atoms with van der Waals surface area (Å²) < 4.78 is 45.8. The number of H-pyrrole nitrogens is 1. The summed E-state index contributed by atoms with van der Waals surface area (Å²) in [5.41, 5.74) is 0.823. The number of rotatable bonds is 9. The van der Waals surface area contributed by atoms with Crippen LogP contribution in [0.3, 0.4) is 0 Å². The minimum absolute atomic E-state index is 0.00293. The average molecular weight is 543 g/mol. The van der Waals surface area contributed by atoms with Gasteiger partial charge in [0.25, 0.3) is 15.9 Å². The number of aromatic amines is 1. The van der Waals surface area contributed by atoms with E-state index in [1.807, 2.05) is 0 Å². The molecule has 0 atom stereocenters. The molecule has 0 saturated carbocycles. The van der Waals surface area contributed by atoms with Gasteiger partial charge in [-0.15, -0.1) is 5.10 Å². The van der Waals surface area contributed by atoms with Gasteiger partial charge in [0.1, 0.15) is 11.8 Å². The minimum atomic E-state index is -4.12. The van der Waals surface area contributed by atoms with E-state index in [-0.39, 0.29) is 33.9 Å². The molecule has 0 saturated heterocycles. The monoisotopic (exact) mass is 542 g/mol. The van der Waals surface area contributed by atoms with Crippen LogP contribution in [0.2, 0.25) is 0 Å². The smallest absolute Gasteiger partial charge is 0.279 e. The van der Waals surface area contributed by atoms with Crippen LogP contribution in [0.4, 0.5) is 5.82 Å². The highest BCUT2D eigenvalue weighted by atomic mass is 32.2. The van der Waals surface area contributed by atoms with Gasteiger partial charge in [0.05, 0.1) is 12.0 Å². The van der Waals surface area contributed by atoms with E-state index < -0.39 is 10.0 Å². The molecule has 5 aromatic rings. The molecule has 3 heterocycles. The summed E-state index contributed by atoms with van der Waals surface area (Å²) >= 11 is 0. The molecule has 2 aromatic carbocycles. The first-order valence-electron chi connectivity index (χ1n) is 11.1. The Kier molecular flexibility index (Phi) is 6.97. The Hall–Kier alpha value is -5.55. The molecule has 0 spiro atoms. The zero-order valence-corrected chi connectivity index (χ0v) is 21.0. The number of nitrogens with zero attached hydrogens (tertiary/aromatic N) is 6. The highest BCUT2D eigenvalue weighted by Gasteiger charge is 2.25. The predicted octanol–water partition coefficient (Wildman–Crippen LogP) is 3.29. The van der Waals surface area contributed by atoms with Crippen molar-refractivity contribution >= 4 is 15.8 Å². The second-order valence-electron chi connectivity index (χ2n) is 7.60. The Bertz CT molecular complexity index is 1760. The molecule has 3 aromatic heterocycles. The number of methoxy groups -OCH3 is 1. The van der Waals surface area contributed by atoms with Crippen LogP contribution >= 0.6 is 0 Å². The summed E-state index contributed by atoms with van der Waals surface area (Å²) in [6.45, 7) is 0. The quantitative estimate of drug-likeness (QED) is 0.262. The molecular weight excluding hydrogens is 524 g/mol. The van der Waals surface area contributed by atoms with Gasteiger partial charge >= 0.3 is 0 Å². The van der Waals surface area contributed by atoms with E-state index in [0.29, 0.717) is 22.8 Å². The van der Waals surface area contributed by atoms with Crippen molar-refractivity contribution in [3.63, 3.8) is 0 Å². The second kappa shape index (κ2) is 10.8. The molecule has 0 bridgehead atoms. The molecule has 2 N–H and O–H groups in total. The van der Waals surface area contributed by atoms with E-state index in [2.05, 4.69) is 46.4 Å². The number of anilines is 1. The lowest BCUT2D eigenvalue weighted by molar-refractivity contribution is 0.368. The van der Waals surface area contributed by atoms with Gasteiger partial charge in [0.15, 0.2) is 29.0 Å². The highest BCUT2D eigenvalue weighted by Crippen LogP contribution is 2.41. The maximum atomic E-state index is 13.3. The molecule has 0 radical (unpaired) electrons. The van der Waals surface area contributed by atoms with E-state index in [1.165, 1.54) is 25.4 Å². The number of para-hydroxylation sites is 2. The molecule has 14 heteroatoms. The molecular formula is C25H18N8O5S. The van der Waals surface area contributed by atoms with E-state index in [4.69, 9.17) is 20.6 Å². The molecule has 194 valence electrons. The van der Waals surface area contributed by atoms with Gasteiger partial charge in [-0.05, 0) is 46.8 Å². The topological polar surface area (TPSA) is 167 Å². The van der Waals surface area contributed by atoms with Crippen molar-refractivity contribution in [2.75, 3.05) is 11.8 Å². The summed E-state index contributed by atoms with van der Waals surface area (Å²) in [6, 6.07) is 17.7. The summed E-state index contributed by atoms with van der Waals surface area (Å²) in [6.07, 6.45) is 8.98. The number of nitrogens with one attached hydrogen (secondary N) is 2. The first-order chi connectivity index (χ1) is 19.0. The number of benzene rings is 2. The third-order valence-electron chi connectivity index (χ3n) is 5.16. The van der Waals surface area contributed by atoms with Gasteiger partial charge in [-0.1, -0.05) is 36.8 Å². The fourth-order valence-electron chi connectivity index (χ4n) is 3.41. The van der Waals surface area contributed by atoms with Gasteiger partial charge in [-0.3, -0.25) is 9.71 Å². The van der Waals surface area contributed by atoms with Crippen molar-refractivity contribution in [1.29, 1.82) is 0 Å². The standard InChI is InChI=1S/C25H18N8O5S/c1-3-37-25-21(38-20-12-8-7-11-19(20)36-2)24(31-39(34,35)17-9-5-4-6-10-17)27-22(28-25)16-13-14-26-18(15-16)23-29-32-33-30-23/h1,4-15H,2H3,(H,27,28,31)(H,29,30,32,33). The normalized spacial score (nSPS) is 10.9. The predicted molar refractivity (Wildman–Crippen MR) is 138 cm³/mol. The van der Waals surface area contributed by atoms with Crippen molar-refractivity contribution in [3.8, 4) is 58.6 Å². The van der Waals surface area contributed by atoms with E-state index in [0.717, 1.165) is 0 Å². The van der Waals surface area contributed by atoms with Crippen LogP contribution < -0.4 is 18.9 Å². The summed E-state index contributed by atoms with van der Waals surface area (Å²) in [7, 11) is -2.66. The fourth-order valence-corrected chi connectivity index (χ4v) is 4.44. The lowest BCUT2D eigenvalue weighted by Crippen LogP contribution is -2.15. The first-order valence-corrected chi connectivity index (χ1v) is 12.6. The second-order valence-corrected chi connectivity index (χ2v) is 9.28. The highest BCUT2D eigenvalue weighted by molar-refractivity contribution is 7.92. The van der Waals surface area contributed by atoms with Crippen LogP contribution in [-0.2, 0) is 10.0 Å². The third-order valence-corrected chi connectivity index (χ3v) is 6.52. The average Bonchev–Trinajstić information content (AvgIpc) is 3.51. The molecule has 0 aliphatic heterocycles. The summed E-state index contributed by atoms with van der Waals surface area (Å²) in [5.74, 6) is 0.313. The van der Waals surface area contributed by atoms with Crippen molar-refractivity contribution < 1.29 is 22.6 Å². The lowest BCUT2D eigenvalue weighted by Gasteiger charge is -2.17. The number of hydrogen-bond donors (Lipinski definition) is 2. The van der Waals surface area contributed by atoms with Crippen LogP contribution in [0.5, 0.6) is 23.1 Å². The summed E-state index contributed by atoms with van der Waals surface area (Å²) in [4.78, 5) is 13.1. The van der Waals surface area contributed by atoms with Gasteiger partial charge in [0, 0.05) is 11.8 Å². The van der Waals surface area contributed by atoms with Gasteiger partial charge in [-0.25, -0.2) is 18.5 Å². The Morgan fingerprint density at radius 2 is 1.77 bits per heavy atom. The molecule has 0 aliphatic rings. The van der Waals surface area contributed by atoms with Gasteiger partial charge in [0.2, 0.25) is 5.75 Å². The van der Waals surface area contributed by atoms with Crippen molar-refractivity contribution in [3.05, 3.63) is 72.9 Å². The molecule has 0 unspecified atom stereocenters. The minimum Gasteiger partial charge on any atom is -0.493 e. The molecule has 0 amide bonds. The number of terminal acetylenes is 1. The summed E-state index contributed by atoms with van der Waals surface area (Å²) in [5, 5.41) is 13.6. The third kappa shape index (κ3) is 5.43. The van der Waals surface area contributed by atoms with Crippen molar-refractivity contribution in [2.24, 2.45) is 0 Å². The molecule has 5 rings (SSSR count). The molecule has 39 heavy (non-hydrogen) atoms. The Labute approximate surface area is 222 Å². The van der Waals surface area contributed by atoms with Crippen LogP contribution in [0.15, 0.2) is 77.8 Å². The zero-order chi connectivity index (χ0) is 27.2. The number of tetrazole rings is 1.